The number of carbonyl (C=O) groups excluding carboxylic acids is 2. The van der Waals surface area contributed by atoms with Gasteiger partial charge in [0.15, 0.2) is 0 Å². The van der Waals surface area contributed by atoms with Crippen molar-refractivity contribution < 1.29 is 18.0 Å². The molecule has 1 aromatic carbocycles. The Morgan fingerprint density at radius 1 is 1.38 bits per heavy atom. The molecule has 9 heteroatoms. The number of sulfonamides is 1. The number of nitriles is 1. The van der Waals surface area contributed by atoms with Crippen LogP contribution in [0.1, 0.15) is 18.4 Å². The predicted octanol–water partition coefficient (Wildman–Crippen LogP) is -0.776. The normalized spacial score (nSPS) is 18.9. The van der Waals surface area contributed by atoms with Crippen molar-refractivity contribution in [3.63, 3.8) is 0 Å². The standard InChI is InChI=1S/C12H12N4O4S/c13-6-7-1-3-10(8(14)5-7)21(19,20)16-9-2-4-11(17)15-12(9)18/h1,3,5,9,16H,2,4,14H2,(H,15,17,18). The van der Waals surface area contributed by atoms with Gasteiger partial charge in [0, 0.05) is 6.42 Å². The Hall–Kier alpha value is -2.44. The highest BCUT2D eigenvalue weighted by Gasteiger charge is 2.31. The predicted molar refractivity (Wildman–Crippen MR) is 72.1 cm³/mol. The number of amides is 2. The molecule has 0 bridgehead atoms. The van der Waals surface area contributed by atoms with Crippen LogP contribution in [0.15, 0.2) is 23.1 Å². The molecule has 1 saturated heterocycles. The highest BCUT2D eigenvalue weighted by molar-refractivity contribution is 7.89. The van der Waals surface area contributed by atoms with E-state index in [1.165, 1.54) is 18.2 Å². The van der Waals surface area contributed by atoms with Gasteiger partial charge in [0.2, 0.25) is 21.8 Å². The minimum absolute atomic E-state index is 0.0573. The Kier molecular flexibility index (Phi) is 3.93. The molecule has 0 aromatic heterocycles. The number of piperidine rings is 1. The first-order valence-corrected chi connectivity index (χ1v) is 7.47. The summed E-state index contributed by atoms with van der Waals surface area (Å²) in [5.74, 6) is -1.13. The summed E-state index contributed by atoms with van der Waals surface area (Å²) in [5, 5.41) is 10.8. The van der Waals surface area contributed by atoms with E-state index in [1.54, 1.807) is 0 Å². The maximum absolute atomic E-state index is 12.2. The van der Waals surface area contributed by atoms with Gasteiger partial charge in [0.25, 0.3) is 0 Å². The Morgan fingerprint density at radius 3 is 2.67 bits per heavy atom. The molecular formula is C12H12N4O4S. The van der Waals surface area contributed by atoms with E-state index in [-0.39, 0.29) is 29.0 Å². The Bertz CT molecular complexity index is 751. The smallest absolute Gasteiger partial charge is 0.244 e. The van der Waals surface area contributed by atoms with Crippen LogP contribution < -0.4 is 15.8 Å². The van der Waals surface area contributed by atoms with Crippen LogP contribution in [0.25, 0.3) is 0 Å². The van der Waals surface area contributed by atoms with Gasteiger partial charge >= 0.3 is 0 Å². The fraction of sp³-hybridized carbons (Fsp3) is 0.250. The van der Waals surface area contributed by atoms with E-state index in [1.807, 2.05) is 6.07 Å². The highest BCUT2D eigenvalue weighted by atomic mass is 32.2. The van der Waals surface area contributed by atoms with E-state index in [0.717, 1.165) is 0 Å². The molecule has 1 aromatic rings. The van der Waals surface area contributed by atoms with Gasteiger partial charge in [-0.3, -0.25) is 14.9 Å². The number of nitrogens with zero attached hydrogens (tertiary/aromatic N) is 1. The minimum atomic E-state index is -4.02. The Morgan fingerprint density at radius 2 is 2.10 bits per heavy atom. The van der Waals surface area contributed by atoms with Crippen molar-refractivity contribution in [3.05, 3.63) is 23.8 Å². The van der Waals surface area contributed by atoms with Crippen LogP contribution in [0, 0.1) is 11.3 Å². The first kappa shape index (κ1) is 15.0. The molecule has 2 amide bonds. The summed E-state index contributed by atoms with van der Waals surface area (Å²) < 4.78 is 26.6. The summed E-state index contributed by atoms with van der Waals surface area (Å²) >= 11 is 0. The SMILES string of the molecule is N#Cc1ccc(S(=O)(=O)NC2CCC(=O)NC2=O)c(N)c1. The lowest BCUT2D eigenvalue weighted by molar-refractivity contribution is -0.134. The Labute approximate surface area is 121 Å². The van der Waals surface area contributed by atoms with Gasteiger partial charge in [-0.1, -0.05) is 0 Å². The molecule has 1 fully saturated rings. The lowest BCUT2D eigenvalue weighted by atomic mass is 10.1. The van der Waals surface area contributed by atoms with Crippen molar-refractivity contribution in [1.29, 1.82) is 5.26 Å². The van der Waals surface area contributed by atoms with E-state index in [4.69, 9.17) is 11.0 Å². The quantitative estimate of drug-likeness (QED) is 0.494. The van der Waals surface area contributed by atoms with Crippen molar-refractivity contribution in [3.8, 4) is 6.07 Å². The molecular weight excluding hydrogens is 296 g/mol. The summed E-state index contributed by atoms with van der Waals surface area (Å²) in [4.78, 5) is 22.4. The van der Waals surface area contributed by atoms with Gasteiger partial charge in [-0.25, -0.2) is 8.42 Å². The Balaban J connectivity index is 2.25. The largest absolute Gasteiger partial charge is 0.398 e. The average Bonchev–Trinajstić information content (AvgIpc) is 2.41. The number of nitrogens with one attached hydrogen (secondary N) is 2. The van der Waals surface area contributed by atoms with Crippen molar-refractivity contribution in [2.45, 2.75) is 23.8 Å². The zero-order valence-corrected chi connectivity index (χ0v) is 11.6. The fourth-order valence-corrected chi connectivity index (χ4v) is 3.26. The van der Waals surface area contributed by atoms with Crippen LogP contribution in [0.2, 0.25) is 0 Å². The fourth-order valence-electron chi connectivity index (χ4n) is 1.92. The molecule has 1 atom stereocenters. The molecule has 0 spiro atoms. The number of anilines is 1. The first-order valence-electron chi connectivity index (χ1n) is 5.99. The van der Waals surface area contributed by atoms with Crippen molar-refractivity contribution in [2.75, 3.05) is 5.73 Å². The van der Waals surface area contributed by atoms with Gasteiger partial charge in [0.05, 0.1) is 17.3 Å². The summed E-state index contributed by atoms with van der Waals surface area (Å²) in [6, 6.07) is 4.56. The van der Waals surface area contributed by atoms with E-state index < -0.39 is 27.9 Å². The second-order valence-electron chi connectivity index (χ2n) is 4.49. The number of nitrogens with two attached hydrogens (primary N) is 1. The molecule has 2 rings (SSSR count). The van der Waals surface area contributed by atoms with E-state index >= 15 is 0 Å². The van der Waals surface area contributed by atoms with Crippen molar-refractivity contribution >= 4 is 27.5 Å². The zero-order chi connectivity index (χ0) is 15.6. The number of hydrogen-bond acceptors (Lipinski definition) is 6. The summed E-state index contributed by atoms with van der Waals surface area (Å²) in [7, 11) is -4.02. The molecule has 0 radical (unpaired) electrons. The van der Waals surface area contributed by atoms with E-state index in [9.17, 15) is 18.0 Å². The average molecular weight is 308 g/mol. The van der Waals surface area contributed by atoms with E-state index in [0.29, 0.717) is 0 Å². The van der Waals surface area contributed by atoms with Crippen molar-refractivity contribution in [1.82, 2.24) is 10.0 Å². The second-order valence-corrected chi connectivity index (χ2v) is 6.17. The third kappa shape index (κ3) is 3.18. The first-order chi connectivity index (χ1) is 9.83. The maximum Gasteiger partial charge on any atom is 0.244 e. The molecule has 8 nitrogen and oxygen atoms in total. The second kappa shape index (κ2) is 5.51. The van der Waals surface area contributed by atoms with Gasteiger partial charge in [-0.2, -0.15) is 9.98 Å². The third-order valence-electron chi connectivity index (χ3n) is 2.96. The minimum Gasteiger partial charge on any atom is -0.398 e. The molecule has 110 valence electrons. The lowest BCUT2D eigenvalue weighted by Crippen LogP contribution is -2.52. The molecule has 0 saturated carbocycles. The number of rotatable bonds is 3. The summed E-state index contributed by atoms with van der Waals surface area (Å²) in [6.07, 6.45) is 0.141. The number of hydrogen-bond donors (Lipinski definition) is 3. The highest BCUT2D eigenvalue weighted by Crippen LogP contribution is 2.20. The number of imide groups is 1. The van der Waals surface area contributed by atoms with Gasteiger partial charge < -0.3 is 5.73 Å². The summed E-state index contributed by atoms with van der Waals surface area (Å²) in [5.41, 5.74) is 5.76. The maximum atomic E-state index is 12.2. The zero-order valence-electron chi connectivity index (χ0n) is 10.8. The number of benzene rings is 1. The van der Waals surface area contributed by atoms with Crippen LogP contribution in [-0.4, -0.2) is 26.3 Å². The van der Waals surface area contributed by atoms with Crippen LogP contribution in [0.5, 0.6) is 0 Å². The van der Waals surface area contributed by atoms with Crippen molar-refractivity contribution in [2.24, 2.45) is 0 Å². The van der Waals surface area contributed by atoms with Gasteiger partial charge in [0.1, 0.15) is 10.9 Å². The van der Waals surface area contributed by atoms with Crippen LogP contribution in [0.3, 0.4) is 0 Å². The number of nitrogen functional groups attached to an aromatic ring is 1. The lowest BCUT2D eigenvalue weighted by Gasteiger charge is -2.22. The van der Waals surface area contributed by atoms with Crippen LogP contribution in [0.4, 0.5) is 5.69 Å². The molecule has 0 aliphatic carbocycles. The van der Waals surface area contributed by atoms with Crippen LogP contribution in [-0.2, 0) is 19.6 Å². The summed E-state index contributed by atoms with van der Waals surface area (Å²) in [6.45, 7) is 0. The molecule has 1 aliphatic rings. The van der Waals surface area contributed by atoms with Crippen LogP contribution >= 0.6 is 0 Å². The van der Waals surface area contributed by atoms with E-state index in [2.05, 4.69) is 10.0 Å². The molecule has 1 unspecified atom stereocenters. The monoisotopic (exact) mass is 308 g/mol. The molecule has 1 aliphatic heterocycles. The topological polar surface area (TPSA) is 142 Å². The van der Waals surface area contributed by atoms with Gasteiger partial charge in [-0.05, 0) is 24.6 Å². The molecule has 1 heterocycles. The molecule has 4 N–H and O–H groups in total. The number of carbonyl (C=O) groups is 2. The third-order valence-corrected chi connectivity index (χ3v) is 4.51. The molecule has 21 heavy (non-hydrogen) atoms. The van der Waals surface area contributed by atoms with Gasteiger partial charge in [-0.15, -0.1) is 0 Å².